The molecule has 3 heterocycles. The fourth-order valence-corrected chi connectivity index (χ4v) is 2.34. The van der Waals surface area contributed by atoms with Crippen LogP contribution < -0.4 is 5.32 Å². The summed E-state index contributed by atoms with van der Waals surface area (Å²) >= 11 is 0. The molecule has 2 aromatic heterocycles. The first-order chi connectivity index (χ1) is 9.40. The van der Waals surface area contributed by atoms with Gasteiger partial charge < -0.3 is 14.6 Å². The first kappa shape index (κ1) is 12.3. The Morgan fingerprint density at radius 2 is 2.21 bits per heavy atom. The molecule has 0 bridgehead atoms. The van der Waals surface area contributed by atoms with Crippen LogP contribution in [0.4, 0.5) is 0 Å². The number of nitrogens with one attached hydrogen (secondary N) is 1. The maximum absolute atomic E-state index is 5.43. The molecule has 3 rings (SSSR count). The third-order valence-electron chi connectivity index (χ3n) is 3.27. The molecule has 100 valence electrons. The predicted molar refractivity (Wildman–Crippen MR) is 69.4 cm³/mol. The Morgan fingerprint density at radius 1 is 1.37 bits per heavy atom. The first-order valence-electron chi connectivity index (χ1n) is 6.53. The van der Waals surface area contributed by atoms with E-state index >= 15 is 0 Å². The molecular formula is C13H17N5O. The summed E-state index contributed by atoms with van der Waals surface area (Å²) in [7, 11) is 0. The van der Waals surface area contributed by atoms with E-state index in [0.29, 0.717) is 13.2 Å². The van der Waals surface area contributed by atoms with Crippen LogP contribution in [0, 0.1) is 0 Å². The summed E-state index contributed by atoms with van der Waals surface area (Å²) in [5.41, 5.74) is 1.16. The van der Waals surface area contributed by atoms with Crippen molar-refractivity contribution in [2.45, 2.75) is 26.1 Å². The van der Waals surface area contributed by atoms with Gasteiger partial charge in [0.05, 0.1) is 6.04 Å². The van der Waals surface area contributed by atoms with Gasteiger partial charge in [0.2, 0.25) is 0 Å². The molecule has 1 unspecified atom stereocenters. The topological polar surface area (TPSA) is 64.9 Å². The molecule has 0 fully saturated rings. The molecule has 0 radical (unpaired) electrons. The van der Waals surface area contributed by atoms with Crippen molar-refractivity contribution >= 4 is 0 Å². The van der Waals surface area contributed by atoms with Gasteiger partial charge >= 0.3 is 0 Å². The zero-order valence-electron chi connectivity index (χ0n) is 10.9. The second-order valence-corrected chi connectivity index (χ2v) is 4.43. The monoisotopic (exact) mass is 259 g/mol. The molecule has 6 heteroatoms. The maximum atomic E-state index is 5.43. The van der Waals surface area contributed by atoms with Crippen LogP contribution in [0.25, 0.3) is 0 Å². The summed E-state index contributed by atoms with van der Waals surface area (Å²) < 4.78 is 7.58. The van der Waals surface area contributed by atoms with Crippen LogP contribution in [0.2, 0.25) is 0 Å². The highest BCUT2D eigenvalue weighted by Crippen LogP contribution is 2.23. The number of hydrogen-bond donors (Lipinski definition) is 1. The van der Waals surface area contributed by atoms with E-state index in [2.05, 4.69) is 25.1 Å². The van der Waals surface area contributed by atoms with Gasteiger partial charge in [-0.2, -0.15) is 0 Å². The second kappa shape index (κ2) is 5.46. The highest BCUT2D eigenvalue weighted by Gasteiger charge is 2.25. The summed E-state index contributed by atoms with van der Waals surface area (Å²) in [5.74, 6) is 1.85. The van der Waals surface area contributed by atoms with Crippen LogP contribution >= 0.6 is 0 Å². The van der Waals surface area contributed by atoms with Crippen molar-refractivity contribution < 1.29 is 4.74 Å². The minimum atomic E-state index is 0.0830. The third kappa shape index (κ3) is 2.36. The lowest BCUT2D eigenvalue weighted by Crippen LogP contribution is -2.35. The van der Waals surface area contributed by atoms with Gasteiger partial charge in [-0.25, -0.2) is 0 Å². The number of nitrogens with zero attached hydrogens (tertiary/aromatic N) is 4. The Balaban J connectivity index is 1.91. The van der Waals surface area contributed by atoms with Gasteiger partial charge in [-0.15, -0.1) is 10.2 Å². The van der Waals surface area contributed by atoms with Crippen molar-refractivity contribution in [2.75, 3.05) is 13.2 Å². The Hall–Kier alpha value is -1.79. The average Bonchev–Trinajstić information content (AvgIpc) is 2.89. The van der Waals surface area contributed by atoms with Crippen molar-refractivity contribution in [1.82, 2.24) is 25.1 Å². The van der Waals surface area contributed by atoms with Gasteiger partial charge in [0.25, 0.3) is 0 Å². The smallest absolute Gasteiger partial charge is 0.159 e. The Morgan fingerprint density at radius 3 is 3.00 bits per heavy atom. The van der Waals surface area contributed by atoms with E-state index in [-0.39, 0.29) is 6.04 Å². The van der Waals surface area contributed by atoms with E-state index in [9.17, 15) is 0 Å². The molecular weight excluding hydrogens is 242 g/mol. The molecule has 0 amide bonds. The van der Waals surface area contributed by atoms with Crippen LogP contribution in [-0.4, -0.2) is 32.9 Å². The number of rotatable bonds is 4. The lowest BCUT2D eigenvalue weighted by atomic mass is 10.1. The van der Waals surface area contributed by atoms with Gasteiger partial charge in [0.15, 0.2) is 11.6 Å². The normalized spacial score (nSPS) is 18.3. The van der Waals surface area contributed by atoms with Gasteiger partial charge in [-0.1, -0.05) is 0 Å². The number of fused-ring (bicyclic) bond motifs is 1. The molecule has 0 aliphatic carbocycles. The van der Waals surface area contributed by atoms with E-state index in [1.54, 1.807) is 12.4 Å². The van der Waals surface area contributed by atoms with E-state index in [1.165, 1.54) is 0 Å². The Labute approximate surface area is 111 Å². The number of hydrogen-bond acceptors (Lipinski definition) is 5. The number of pyridine rings is 1. The molecule has 2 aromatic rings. The van der Waals surface area contributed by atoms with Gasteiger partial charge in [-0.3, -0.25) is 4.98 Å². The van der Waals surface area contributed by atoms with Crippen LogP contribution in [0.5, 0.6) is 0 Å². The summed E-state index contributed by atoms with van der Waals surface area (Å²) in [6.07, 6.45) is 3.60. The second-order valence-electron chi connectivity index (χ2n) is 4.43. The molecule has 1 atom stereocenters. The molecule has 0 aromatic carbocycles. The molecule has 0 saturated heterocycles. The van der Waals surface area contributed by atoms with E-state index in [1.807, 2.05) is 19.1 Å². The van der Waals surface area contributed by atoms with Crippen molar-refractivity contribution in [3.05, 3.63) is 41.7 Å². The standard InChI is InChI=1S/C13H17N5O/c1-2-19-9-11-16-17-13-12(15-7-8-18(11)13)10-3-5-14-6-4-10/h3-6,12,15H,2,7-9H2,1H3. The average molecular weight is 259 g/mol. The van der Waals surface area contributed by atoms with Crippen molar-refractivity contribution in [3.8, 4) is 0 Å². The predicted octanol–water partition coefficient (Wildman–Crippen LogP) is 0.902. The van der Waals surface area contributed by atoms with Crippen LogP contribution in [-0.2, 0) is 17.9 Å². The van der Waals surface area contributed by atoms with E-state index in [0.717, 1.165) is 30.3 Å². The van der Waals surface area contributed by atoms with Crippen molar-refractivity contribution in [3.63, 3.8) is 0 Å². The Bertz CT molecular complexity index is 539. The number of aromatic nitrogens is 4. The molecule has 0 saturated carbocycles. The molecule has 6 nitrogen and oxygen atoms in total. The van der Waals surface area contributed by atoms with E-state index < -0.39 is 0 Å². The van der Waals surface area contributed by atoms with Crippen LogP contribution in [0.15, 0.2) is 24.5 Å². The number of ether oxygens (including phenoxy) is 1. The minimum Gasteiger partial charge on any atom is -0.374 e. The molecule has 1 aliphatic heterocycles. The van der Waals surface area contributed by atoms with Crippen LogP contribution in [0.1, 0.15) is 30.2 Å². The lowest BCUT2D eigenvalue weighted by Gasteiger charge is -2.25. The first-order valence-corrected chi connectivity index (χ1v) is 6.53. The highest BCUT2D eigenvalue weighted by molar-refractivity contribution is 5.24. The van der Waals surface area contributed by atoms with Crippen molar-refractivity contribution in [2.24, 2.45) is 0 Å². The summed E-state index contributed by atoms with van der Waals surface area (Å²) in [5, 5.41) is 12.0. The van der Waals surface area contributed by atoms with Crippen molar-refractivity contribution in [1.29, 1.82) is 0 Å². The lowest BCUT2D eigenvalue weighted by molar-refractivity contribution is 0.124. The molecule has 0 spiro atoms. The quantitative estimate of drug-likeness (QED) is 0.884. The summed E-state index contributed by atoms with van der Waals surface area (Å²) in [6, 6.07) is 4.09. The molecule has 1 aliphatic rings. The van der Waals surface area contributed by atoms with Crippen LogP contribution in [0.3, 0.4) is 0 Å². The van der Waals surface area contributed by atoms with Gasteiger partial charge in [-0.05, 0) is 24.6 Å². The fraction of sp³-hybridized carbons (Fsp3) is 0.462. The molecule has 1 N–H and O–H groups in total. The van der Waals surface area contributed by atoms with Gasteiger partial charge in [0.1, 0.15) is 6.61 Å². The zero-order chi connectivity index (χ0) is 13.1. The minimum absolute atomic E-state index is 0.0830. The molecule has 19 heavy (non-hydrogen) atoms. The third-order valence-corrected chi connectivity index (χ3v) is 3.27. The van der Waals surface area contributed by atoms with E-state index in [4.69, 9.17) is 4.74 Å². The SMILES string of the molecule is CCOCc1nnc2n1CCNC2c1ccncc1. The van der Waals surface area contributed by atoms with Gasteiger partial charge in [0, 0.05) is 32.1 Å². The fourth-order valence-electron chi connectivity index (χ4n) is 2.34. The largest absolute Gasteiger partial charge is 0.374 e. The maximum Gasteiger partial charge on any atom is 0.159 e. The Kier molecular flexibility index (Phi) is 3.52. The summed E-state index contributed by atoms with van der Waals surface area (Å²) in [4.78, 5) is 4.05. The zero-order valence-corrected chi connectivity index (χ0v) is 10.9. The highest BCUT2D eigenvalue weighted by atomic mass is 16.5. The summed E-state index contributed by atoms with van der Waals surface area (Å²) in [6.45, 7) is 4.97.